The van der Waals surface area contributed by atoms with E-state index >= 15 is 0 Å². The Labute approximate surface area is 107 Å². The monoisotopic (exact) mass is 246 g/mol. The number of hydrogen-bond donors (Lipinski definition) is 0. The second-order valence-electron chi connectivity index (χ2n) is 4.72. The Hall–Kier alpha value is -1.68. The van der Waals surface area contributed by atoms with E-state index in [4.69, 9.17) is 4.84 Å². The molecule has 1 heterocycles. The summed E-state index contributed by atoms with van der Waals surface area (Å²) in [6.07, 6.45) is 0.756. The van der Waals surface area contributed by atoms with Gasteiger partial charge in [-0.25, -0.2) is 5.06 Å². The molecule has 0 aliphatic carbocycles. The highest BCUT2D eigenvalue weighted by atomic mass is 16.7. The van der Waals surface area contributed by atoms with E-state index < -0.39 is 0 Å². The Morgan fingerprint density at radius 2 is 2.17 bits per heavy atom. The maximum atomic E-state index is 12.2. The van der Waals surface area contributed by atoms with Crippen molar-refractivity contribution in [1.29, 1.82) is 0 Å². The number of fused-ring (bicyclic) bond motifs is 1. The Bertz CT molecular complexity index is 507. The molecule has 18 heavy (non-hydrogen) atoms. The van der Waals surface area contributed by atoms with Gasteiger partial charge in [0.05, 0.1) is 12.8 Å². The molecule has 1 aromatic rings. The molecule has 1 aliphatic heterocycles. The SMILES string of the molecule is CON(C)C(=O)c1cccc2c1CC(C(C)C)=N2. The fourth-order valence-corrected chi connectivity index (χ4v) is 2.03. The van der Waals surface area contributed by atoms with Crippen LogP contribution in [0.3, 0.4) is 0 Å². The van der Waals surface area contributed by atoms with Crippen LogP contribution < -0.4 is 0 Å². The molecule has 0 radical (unpaired) electrons. The third kappa shape index (κ3) is 2.16. The van der Waals surface area contributed by atoms with E-state index in [0.29, 0.717) is 11.5 Å². The first-order valence-corrected chi connectivity index (χ1v) is 6.06. The highest BCUT2D eigenvalue weighted by molar-refractivity contribution is 6.02. The maximum absolute atomic E-state index is 12.2. The second kappa shape index (κ2) is 4.90. The Morgan fingerprint density at radius 3 is 2.78 bits per heavy atom. The smallest absolute Gasteiger partial charge is 0.274 e. The first kappa shape index (κ1) is 12.8. The van der Waals surface area contributed by atoms with Crippen LogP contribution >= 0.6 is 0 Å². The van der Waals surface area contributed by atoms with Crippen LogP contribution in [0.15, 0.2) is 23.2 Å². The van der Waals surface area contributed by atoms with Crippen LogP contribution in [0.1, 0.15) is 29.8 Å². The Morgan fingerprint density at radius 1 is 1.44 bits per heavy atom. The van der Waals surface area contributed by atoms with Gasteiger partial charge in [-0.05, 0) is 23.6 Å². The standard InChI is InChI=1S/C14H18N2O2/c1-9(2)13-8-11-10(14(17)16(3)18-4)6-5-7-12(11)15-13/h5-7,9H,8H2,1-4H3. The van der Waals surface area contributed by atoms with Crippen molar-refractivity contribution in [3.63, 3.8) is 0 Å². The van der Waals surface area contributed by atoms with Gasteiger partial charge in [0.1, 0.15) is 0 Å². The summed E-state index contributed by atoms with van der Waals surface area (Å²) >= 11 is 0. The number of amides is 1. The minimum Gasteiger partial charge on any atom is -0.274 e. The first-order valence-electron chi connectivity index (χ1n) is 6.06. The average molecular weight is 246 g/mol. The quantitative estimate of drug-likeness (QED) is 0.769. The topological polar surface area (TPSA) is 41.9 Å². The molecule has 0 bridgehead atoms. The van der Waals surface area contributed by atoms with Crippen molar-refractivity contribution >= 4 is 17.3 Å². The summed E-state index contributed by atoms with van der Waals surface area (Å²) in [6.45, 7) is 4.24. The highest BCUT2D eigenvalue weighted by Crippen LogP contribution is 2.31. The molecule has 1 aromatic carbocycles. The minimum atomic E-state index is -0.130. The van der Waals surface area contributed by atoms with Gasteiger partial charge in [0.2, 0.25) is 0 Å². The zero-order valence-electron chi connectivity index (χ0n) is 11.2. The number of carbonyl (C=O) groups excluding carboxylic acids is 1. The van der Waals surface area contributed by atoms with Crippen molar-refractivity contribution in [1.82, 2.24) is 5.06 Å². The molecule has 0 unspecified atom stereocenters. The number of nitrogens with zero attached hydrogens (tertiary/aromatic N) is 2. The first-order chi connectivity index (χ1) is 8.54. The molecule has 0 saturated carbocycles. The molecular weight excluding hydrogens is 228 g/mol. The molecule has 4 nitrogen and oxygen atoms in total. The van der Waals surface area contributed by atoms with Gasteiger partial charge in [0, 0.05) is 24.7 Å². The van der Waals surface area contributed by atoms with Crippen molar-refractivity contribution in [3.05, 3.63) is 29.3 Å². The van der Waals surface area contributed by atoms with Crippen LogP contribution in [-0.2, 0) is 11.3 Å². The van der Waals surface area contributed by atoms with Crippen LogP contribution in [0.4, 0.5) is 5.69 Å². The lowest BCUT2D eigenvalue weighted by molar-refractivity contribution is -0.0757. The molecule has 4 heteroatoms. The fraction of sp³-hybridized carbons (Fsp3) is 0.429. The second-order valence-corrected chi connectivity index (χ2v) is 4.72. The number of hydroxylamine groups is 2. The predicted molar refractivity (Wildman–Crippen MR) is 71.2 cm³/mol. The largest absolute Gasteiger partial charge is 0.277 e. The van der Waals surface area contributed by atoms with Gasteiger partial charge in [-0.15, -0.1) is 0 Å². The lowest BCUT2D eigenvalue weighted by Crippen LogP contribution is -2.26. The third-order valence-electron chi connectivity index (χ3n) is 3.23. The summed E-state index contributed by atoms with van der Waals surface area (Å²) in [5.41, 5.74) is 3.73. The molecular formula is C14H18N2O2. The van der Waals surface area contributed by atoms with Gasteiger partial charge < -0.3 is 0 Å². The summed E-state index contributed by atoms with van der Waals surface area (Å²) in [4.78, 5) is 21.7. The Balaban J connectivity index is 2.36. The number of benzene rings is 1. The van der Waals surface area contributed by atoms with Gasteiger partial charge in [-0.1, -0.05) is 19.9 Å². The van der Waals surface area contributed by atoms with Crippen molar-refractivity contribution in [2.24, 2.45) is 10.9 Å². The molecule has 96 valence electrons. The van der Waals surface area contributed by atoms with Crippen molar-refractivity contribution in [3.8, 4) is 0 Å². The van der Waals surface area contributed by atoms with Crippen molar-refractivity contribution in [2.45, 2.75) is 20.3 Å². The molecule has 1 amide bonds. The third-order valence-corrected chi connectivity index (χ3v) is 3.23. The molecule has 2 rings (SSSR count). The fourth-order valence-electron chi connectivity index (χ4n) is 2.03. The summed E-state index contributed by atoms with van der Waals surface area (Å²) < 4.78 is 0. The maximum Gasteiger partial charge on any atom is 0.277 e. The van der Waals surface area contributed by atoms with Gasteiger partial charge in [0.15, 0.2) is 0 Å². The van der Waals surface area contributed by atoms with E-state index in [2.05, 4.69) is 18.8 Å². The number of aliphatic imine (C=N–C) groups is 1. The van der Waals surface area contributed by atoms with Gasteiger partial charge in [-0.3, -0.25) is 14.6 Å². The molecule has 1 aliphatic rings. The zero-order valence-corrected chi connectivity index (χ0v) is 11.2. The van der Waals surface area contributed by atoms with Gasteiger partial charge in [-0.2, -0.15) is 0 Å². The molecule has 0 spiro atoms. The van der Waals surface area contributed by atoms with Crippen molar-refractivity contribution < 1.29 is 9.63 Å². The molecule has 0 atom stereocenters. The van der Waals surface area contributed by atoms with E-state index in [0.717, 1.165) is 23.4 Å². The van der Waals surface area contributed by atoms with E-state index in [1.165, 1.54) is 12.2 Å². The molecule has 0 N–H and O–H groups in total. The number of rotatable bonds is 3. The van der Waals surface area contributed by atoms with E-state index in [1.54, 1.807) is 7.05 Å². The summed E-state index contributed by atoms with van der Waals surface area (Å²) in [5, 5.41) is 1.24. The van der Waals surface area contributed by atoms with E-state index in [-0.39, 0.29) is 5.91 Å². The number of carbonyl (C=O) groups is 1. The minimum absolute atomic E-state index is 0.130. The average Bonchev–Trinajstić information content (AvgIpc) is 2.80. The van der Waals surface area contributed by atoms with Gasteiger partial charge in [0.25, 0.3) is 5.91 Å². The normalized spacial score (nSPS) is 13.5. The Kier molecular flexibility index (Phi) is 3.48. The van der Waals surface area contributed by atoms with Crippen LogP contribution in [0.5, 0.6) is 0 Å². The number of hydrogen-bond acceptors (Lipinski definition) is 3. The highest BCUT2D eigenvalue weighted by Gasteiger charge is 2.24. The molecule has 0 saturated heterocycles. The molecule has 0 aromatic heterocycles. The predicted octanol–water partition coefficient (Wildman–Crippen LogP) is 2.60. The van der Waals surface area contributed by atoms with E-state index in [1.807, 2.05) is 18.2 Å². The van der Waals surface area contributed by atoms with Crippen LogP contribution in [-0.4, -0.2) is 30.8 Å². The van der Waals surface area contributed by atoms with Crippen LogP contribution in [0, 0.1) is 5.92 Å². The lowest BCUT2D eigenvalue weighted by Gasteiger charge is -2.15. The van der Waals surface area contributed by atoms with Gasteiger partial charge >= 0.3 is 0 Å². The van der Waals surface area contributed by atoms with Crippen LogP contribution in [0.25, 0.3) is 0 Å². The summed E-state index contributed by atoms with van der Waals surface area (Å²) in [5.74, 6) is 0.273. The summed E-state index contributed by atoms with van der Waals surface area (Å²) in [6, 6.07) is 5.64. The lowest BCUT2D eigenvalue weighted by atomic mass is 9.98. The molecule has 0 fully saturated rings. The van der Waals surface area contributed by atoms with E-state index in [9.17, 15) is 4.79 Å². The van der Waals surface area contributed by atoms with Crippen molar-refractivity contribution in [2.75, 3.05) is 14.2 Å². The zero-order chi connectivity index (χ0) is 13.3. The van der Waals surface area contributed by atoms with Crippen LogP contribution in [0.2, 0.25) is 0 Å². The summed E-state index contributed by atoms with van der Waals surface area (Å²) in [7, 11) is 3.10.